The number of amidine groups is 1. The standard InChI is InChI=1S/C14H27N3O3/c1-14(2,3)20-13(18)16-11(9-12(15)17-19)10-7-5-4-6-8-10/h10-11,19H,4-9H2,1-3H3,(H2,15,17)(H,16,18). The highest BCUT2D eigenvalue weighted by molar-refractivity contribution is 5.79. The fraction of sp³-hybridized carbons (Fsp3) is 0.857. The topological polar surface area (TPSA) is 94.4 Å². The van der Waals surface area contributed by atoms with Gasteiger partial charge < -0.3 is 10.1 Å². The Kier molecular flexibility index (Phi) is 6.26. The highest BCUT2D eigenvalue weighted by atomic mass is 16.6. The van der Waals surface area contributed by atoms with E-state index in [1.165, 1.54) is 6.42 Å². The van der Waals surface area contributed by atoms with E-state index in [-0.39, 0.29) is 11.9 Å². The summed E-state index contributed by atoms with van der Waals surface area (Å²) in [6, 6.07) is -0.169. The molecule has 116 valence electrons. The van der Waals surface area contributed by atoms with Gasteiger partial charge in [-0.05, 0) is 39.5 Å². The molecule has 0 aromatic heterocycles. The zero-order valence-corrected chi connectivity index (χ0v) is 12.7. The Morgan fingerprint density at radius 1 is 1.35 bits per heavy atom. The van der Waals surface area contributed by atoms with E-state index in [2.05, 4.69) is 5.32 Å². The summed E-state index contributed by atoms with van der Waals surface area (Å²) in [7, 11) is 0. The van der Waals surface area contributed by atoms with Gasteiger partial charge in [-0.3, -0.25) is 16.1 Å². The highest BCUT2D eigenvalue weighted by Crippen LogP contribution is 2.28. The molecule has 1 aliphatic rings. The third-order valence-corrected chi connectivity index (χ3v) is 3.48. The van der Waals surface area contributed by atoms with Crippen molar-refractivity contribution < 1.29 is 14.7 Å². The van der Waals surface area contributed by atoms with Crippen molar-refractivity contribution in [2.45, 2.75) is 70.9 Å². The number of hydroxylamine groups is 1. The van der Waals surface area contributed by atoms with Crippen LogP contribution in [0.3, 0.4) is 0 Å². The van der Waals surface area contributed by atoms with E-state index in [9.17, 15) is 4.79 Å². The van der Waals surface area contributed by atoms with Gasteiger partial charge in [0.1, 0.15) is 11.4 Å². The Morgan fingerprint density at radius 2 is 1.95 bits per heavy atom. The van der Waals surface area contributed by atoms with E-state index < -0.39 is 11.7 Å². The summed E-state index contributed by atoms with van der Waals surface area (Å²) >= 11 is 0. The first-order valence-corrected chi connectivity index (χ1v) is 7.29. The third kappa shape index (κ3) is 6.23. The van der Waals surface area contributed by atoms with Crippen LogP contribution in [0, 0.1) is 11.3 Å². The summed E-state index contributed by atoms with van der Waals surface area (Å²) in [5.74, 6) is 0.349. The van der Waals surface area contributed by atoms with Gasteiger partial charge in [-0.2, -0.15) is 0 Å². The third-order valence-electron chi connectivity index (χ3n) is 3.48. The van der Waals surface area contributed by atoms with Crippen molar-refractivity contribution in [2.75, 3.05) is 0 Å². The zero-order chi connectivity index (χ0) is 15.2. The van der Waals surface area contributed by atoms with Crippen LogP contribution in [0.15, 0.2) is 0 Å². The van der Waals surface area contributed by atoms with E-state index in [1.807, 2.05) is 26.3 Å². The van der Waals surface area contributed by atoms with Gasteiger partial charge in [-0.1, -0.05) is 19.3 Å². The summed E-state index contributed by atoms with van der Waals surface area (Å²) in [6.07, 6.45) is 5.44. The normalized spacial score (nSPS) is 18.2. The van der Waals surface area contributed by atoms with Crippen LogP contribution in [0.1, 0.15) is 59.3 Å². The number of carbonyl (C=O) groups excluding carboxylic acids is 1. The van der Waals surface area contributed by atoms with Gasteiger partial charge in [0.25, 0.3) is 0 Å². The Morgan fingerprint density at radius 3 is 2.45 bits per heavy atom. The van der Waals surface area contributed by atoms with Crippen LogP contribution in [-0.4, -0.2) is 28.8 Å². The van der Waals surface area contributed by atoms with Gasteiger partial charge in [-0.15, -0.1) is 0 Å². The molecule has 1 unspecified atom stereocenters. The first-order chi connectivity index (χ1) is 9.31. The van der Waals surface area contributed by atoms with Crippen molar-refractivity contribution in [3.8, 4) is 0 Å². The smallest absolute Gasteiger partial charge is 0.407 e. The minimum atomic E-state index is -0.538. The number of ether oxygens (including phenoxy) is 1. The van der Waals surface area contributed by atoms with E-state index in [1.54, 1.807) is 0 Å². The van der Waals surface area contributed by atoms with Gasteiger partial charge in [-0.25, -0.2) is 4.79 Å². The lowest BCUT2D eigenvalue weighted by Crippen LogP contribution is -2.45. The Balaban J connectivity index is 2.61. The van der Waals surface area contributed by atoms with Crippen molar-refractivity contribution in [1.82, 2.24) is 10.8 Å². The quantitative estimate of drug-likeness (QED) is 0.363. The molecule has 1 amide bonds. The summed E-state index contributed by atoms with van der Waals surface area (Å²) in [4.78, 5) is 11.9. The molecule has 1 fully saturated rings. The number of nitrogens with one attached hydrogen (secondary N) is 3. The lowest BCUT2D eigenvalue weighted by Gasteiger charge is -2.31. The average Bonchev–Trinajstić information content (AvgIpc) is 2.36. The molecule has 4 N–H and O–H groups in total. The summed E-state index contributed by atoms with van der Waals surface area (Å²) in [6.45, 7) is 5.46. The summed E-state index contributed by atoms with van der Waals surface area (Å²) in [5, 5.41) is 19.2. The van der Waals surface area contributed by atoms with Gasteiger partial charge in [0.2, 0.25) is 0 Å². The number of carbonyl (C=O) groups is 1. The van der Waals surface area contributed by atoms with Crippen molar-refractivity contribution in [2.24, 2.45) is 5.92 Å². The number of amides is 1. The molecule has 0 aromatic carbocycles. The van der Waals surface area contributed by atoms with Crippen molar-refractivity contribution in [1.29, 1.82) is 5.41 Å². The molecular weight excluding hydrogens is 258 g/mol. The van der Waals surface area contributed by atoms with Crippen LogP contribution in [0.4, 0.5) is 4.79 Å². The Labute approximate surface area is 120 Å². The minimum Gasteiger partial charge on any atom is -0.444 e. The van der Waals surface area contributed by atoms with E-state index in [4.69, 9.17) is 15.4 Å². The SMILES string of the molecule is CC(C)(C)OC(=O)NC(CC(=N)NO)C1CCCCC1. The van der Waals surface area contributed by atoms with Crippen molar-refractivity contribution >= 4 is 11.9 Å². The lowest BCUT2D eigenvalue weighted by atomic mass is 9.82. The molecule has 20 heavy (non-hydrogen) atoms. The fourth-order valence-electron chi connectivity index (χ4n) is 2.60. The first kappa shape index (κ1) is 16.8. The largest absolute Gasteiger partial charge is 0.444 e. The molecule has 0 bridgehead atoms. The average molecular weight is 285 g/mol. The Bertz CT molecular complexity index is 333. The van der Waals surface area contributed by atoms with Gasteiger partial charge in [0.15, 0.2) is 0 Å². The molecule has 0 heterocycles. The summed E-state index contributed by atoms with van der Waals surface area (Å²) in [5.41, 5.74) is 1.31. The Hall–Kier alpha value is -1.30. The van der Waals surface area contributed by atoms with E-state index >= 15 is 0 Å². The second-order valence-corrected chi connectivity index (χ2v) is 6.45. The minimum absolute atomic E-state index is 0.0108. The van der Waals surface area contributed by atoms with Gasteiger partial charge in [0, 0.05) is 12.5 Å². The maximum Gasteiger partial charge on any atom is 0.407 e. The molecule has 0 saturated heterocycles. The van der Waals surface area contributed by atoms with Crippen LogP contribution in [0.25, 0.3) is 0 Å². The molecule has 6 nitrogen and oxygen atoms in total. The van der Waals surface area contributed by atoms with Crippen molar-refractivity contribution in [3.63, 3.8) is 0 Å². The highest BCUT2D eigenvalue weighted by Gasteiger charge is 2.28. The maximum absolute atomic E-state index is 11.9. The number of hydrogen-bond acceptors (Lipinski definition) is 4. The lowest BCUT2D eigenvalue weighted by molar-refractivity contribution is 0.0478. The number of hydrogen-bond donors (Lipinski definition) is 4. The fourth-order valence-corrected chi connectivity index (χ4v) is 2.60. The zero-order valence-electron chi connectivity index (χ0n) is 12.7. The molecule has 6 heteroatoms. The second-order valence-electron chi connectivity index (χ2n) is 6.45. The molecule has 1 saturated carbocycles. The molecule has 1 rings (SSSR count). The van der Waals surface area contributed by atoms with E-state index in [0.717, 1.165) is 25.7 Å². The molecule has 0 aliphatic heterocycles. The van der Waals surface area contributed by atoms with Crippen LogP contribution in [-0.2, 0) is 4.74 Å². The van der Waals surface area contributed by atoms with Crippen LogP contribution in [0.5, 0.6) is 0 Å². The van der Waals surface area contributed by atoms with Crippen LogP contribution < -0.4 is 10.8 Å². The van der Waals surface area contributed by atoms with E-state index in [0.29, 0.717) is 12.3 Å². The first-order valence-electron chi connectivity index (χ1n) is 7.29. The maximum atomic E-state index is 11.9. The molecule has 0 aromatic rings. The molecule has 0 radical (unpaired) electrons. The molecule has 1 aliphatic carbocycles. The molecule has 1 atom stereocenters. The van der Waals surface area contributed by atoms with Gasteiger partial charge >= 0.3 is 6.09 Å². The molecule has 0 spiro atoms. The second kappa shape index (κ2) is 7.47. The van der Waals surface area contributed by atoms with Gasteiger partial charge in [0.05, 0.1) is 0 Å². The molecular formula is C14H27N3O3. The predicted molar refractivity (Wildman–Crippen MR) is 77.0 cm³/mol. The number of alkyl carbamates (subject to hydrolysis) is 1. The van der Waals surface area contributed by atoms with Crippen molar-refractivity contribution in [3.05, 3.63) is 0 Å². The number of rotatable bonds is 4. The van der Waals surface area contributed by atoms with Crippen LogP contribution >= 0.6 is 0 Å². The predicted octanol–water partition coefficient (Wildman–Crippen LogP) is 2.81. The monoisotopic (exact) mass is 285 g/mol. The summed E-state index contributed by atoms with van der Waals surface area (Å²) < 4.78 is 5.27. The van der Waals surface area contributed by atoms with Crippen LogP contribution in [0.2, 0.25) is 0 Å².